The molecule has 0 radical (unpaired) electrons. The van der Waals surface area contributed by atoms with Gasteiger partial charge in [0.1, 0.15) is 12.0 Å². The van der Waals surface area contributed by atoms with Gasteiger partial charge in [-0.2, -0.15) is 0 Å². The Morgan fingerprint density at radius 2 is 1.84 bits per heavy atom. The molecule has 1 N–H and O–H groups in total. The summed E-state index contributed by atoms with van der Waals surface area (Å²) in [4.78, 5) is 19.0. The van der Waals surface area contributed by atoms with Gasteiger partial charge in [0, 0.05) is 28.0 Å². The minimum Gasteiger partial charge on any atom is -0.361 e. The number of rotatable bonds is 3. The zero-order chi connectivity index (χ0) is 17.4. The largest absolute Gasteiger partial charge is 0.361 e. The number of hydrogen-bond donors (Lipinski definition) is 1. The van der Waals surface area contributed by atoms with Crippen LogP contribution in [0.4, 0.5) is 11.5 Å². The van der Waals surface area contributed by atoms with Gasteiger partial charge in [-0.05, 0) is 42.8 Å². The fraction of sp³-hybridized carbons (Fsp3) is 0.100. The molecule has 0 saturated heterocycles. The molecule has 2 heterocycles. The van der Waals surface area contributed by atoms with Gasteiger partial charge in [-0.3, -0.25) is 9.69 Å². The summed E-state index contributed by atoms with van der Waals surface area (Å²) >= 11 is 6.25. The molecular weight excluding hydrogens is 334 g/mol. The van der Waals surface area contributed by atoms with E-state index >= 15 is 0 Å². The second kappa shape index (κ2) is 6.22. The number of amides is 1. The zero-order valence-electron chi connectivity index (χ0n) is 13.6. The molecule has 5 heteroatoms. The van der Waals surface area contributed by atoms with E-state index in [1.165, 1.54) is 0 Å². The lowest BCUT2D eigenvalue weighted by Crippen LogP contribution is -2.33. The standard InChI is InChI=1S/C20H16ClN3O/c1-13-16(21)9-6-10-17(13)23-19-14-7-2-3-8-15(14)20(25)24(19)18-11-4-5-12-22-18/h2-12,19,23H,1H3. The molecule has 3 aromatic rings. The number of anilines is 2. The highest BCUT2D eigenvalue weighted by molar-refractivity contribution is 6.31. The molecule has 4 rings (SSSR count). The number of aromatic nitrogens is 1. The summed E-state index contributed by atoms with van der Waals surface area (Å²) in [7, 11) is 0. The quantitative estimate of drug-likeness (QED) is 0.737. The molecule has 1 unspecified atom stereocenters. The molecule has 4 nitrogen and oxygen atoms in total. The van der Waals surface area contributed by atoms with Crippen LogP contribution < -0.4 is 10.2 Å². The fourth-order valence-electron chi connectivity index (χ4n) is 3.10. The Kier molecular flexibility index (Phi) is 3.90. The summed E-state index contributed by atoms with van der Waals surface area (Å²) in [5.41, 5.74) is 3.45. The Bertz CT molecular complexity index is 943. The first-order valence-corrected chi connectivity index (χ1v) is 8.40. The summed E-state index contributed by atoms with van der Waals surface area (Å²) < 4.78 is 0. The van der Waals surface area contributed by atoms with Crippen molar-refractivity contribution in [2.24, 2.45) is 0 Å². The van der Waals surface area contributed by atoms with Crippen LogP contribution in [0.15, 0.2) is 66.9 Å². The molecule has 124 valence electrons. The number of fused-ring (bicyclic) bond motifs is 1. The monoisotopic (exact) mass is 349 g/mol. The minimum atomic E-state index is -0.337. The summed E-state index contributed by atoms with van der Waals surface area (Å²) in [5, 5.41) is 4.15. The average molecular weight is 350 g/mol. The predicted molar refractivity (Wildman–Crippen MR) is 100 cm³/mol. The number of hydrogen-bond acceptors (Lipinski definition) is 3. The van der Waals surface area contributed by atoms with E-state index in [9.17, 15) is 4.79 Å². The second-order valence-corrected chi connectivity index (χ2v) is 6.32. The van der Waals surface area contributed by atoms with Crippen LogP contribution in [0.1, 0.15) is 27.7 Å². The number of carbonyl (C=O) groups is 1. The van der Waals surface area contributed by atoms with E-state index in [0.717, 1.165) is 16.8 Å². The van der Waals surface area contributed by atoms with Crippen LogP contribution in [-0.4, -0.2) is 10.9 Å². The van der Waals surface area contributed by atoms with Crippen LogP contribution in [0.5, 0.6) is 0 Å². The first kappa shape index (κ1) is 15.7. The molecule has 0 bridgehead atoms. The summed E-state index contributed by atoms with van der Waals surface area (Å²) in [6.07, 6.45) is 1.35. The van der Waals surface area contributed by atoms with Crippen molar-refractivity contribution in [2.45, 2.75) is 13.1 Å². The molecule has 1 aromatic heterocycles. The van der Waals surface area contributed by atoms with Crippen molar-refractivity contribution < 1.29 is 4.79 Å². The second-order valence-electron chi connectivity index (χ2n) is 5.91. The van der Waals surface area contributed by atoms with Crippen molar-refractivity contribution in [2.75, 3.05) is 10.2 Å². The van der Waals surface area contributed by atoms with E-state index in [2.05, 4.69) is 10.3 Å². The van der Waals surface area contributed by atoms with Gasteiger partial charge < -0.3 is 5.32 Å². The highest BCUT2D eigenvalue weighted by atomic mass is 35.5. The first-order valence-electron chi connectivity index (χ1n) is 8.02. The molecule has 0 saturated carbocycles. The Labute approximate surface area is 151 Å². The average Bonchev–Trinajstić information content (AvgIpc) is 2.92. The van der Waals surface area contributed by atoms with Crippen LogP contribution in [0.3, 0.4) is 0 Å². The van der Waals surface area contributed by atoms with Gasteiger partial charge in [0.05, 0.1) is 0 Å². The number of benzene rings is 2. The maximum Gasteiger partial charge on any atom is 0.261 e. The van der Waals surface area contributed by atoms with Crippen LogP contribution in [0.25, 0.3) is 0 Å². The van der Waals surface area contributed by atoms with Gasteiger partial charge in [-0.1, -0.05) is 41.9 Å². The van der Waals surface area contributed by atoms with Crippen molar-refractivity contribution in [3.05, 3.63) is 88.6 Å². The van der Waals surface area contributed by atoms with Gasteiger partial charge in [-0.15, -0.1) is 0 Å². The van der Waals surface area contributed by atoms with E-state index in [4.69, 9.17) is 11.6 Å². The lowest BCUT2D eigenvalue weighted by Gasteiger charge is -2.27. The normalized spacial score (nSPS) is 16.0. The molecule has 1 aliphatic heterocycles. The smallest absolute Gasteiger partial charge is 0.261 e. The van der Waals surface area contributed by atoms with Gasteiger partial charge >= 0.3 is 0 Å². The maximum absolute atomic E-state index is 13.0. The van der Waals surface area contributed by atoms with Crippen molar-refractivity contribution in [1.29, 1.82) is 0 Å². The molecule has 1 atom stereocenters. The molecule has 0 spiro atoms. The Balaban J connectivity index is 1.81. The summed E-state index contributed by atoms with van der Waals surface area (Å²) in [5.74, 6) is 0.548. The molecule has 25 heavy (non-hydrogen) atoms. The number of nitrogens with one attached hydrogen (secondary N) is 1. The van der Waals surface area contributed by atoms with Crippen LogP contribution >= 0.6 is 11.6 Å². The summed E-state index contributed by atoms with van der Waals surface area (Å²) in [6, 6.07) is 18.9. The molecule has 0 fully saturated rings. The van der Waals surface area contributed by atoms with Crippen molar-refractivity contribution in [3.8, 4) is 0 Å². The van der Waals surface area contributed by atoms with E-state index in [-0.39, 0.29) is 12.1 Å². The van der Waals surface area contributed by atoms with Gasteiger partial charge in [0.25, 0.3) is 5.91 Å². The molecular formula is C20H16ClN3O. The third kappa shape index (κ3) is 2.65. The maximum atomic E-state index is 13.0. The van der Waals surface area contributed by atoms with E-state index < -0.39 is 0 Å². The number of halogens is 1. The van der Waals surface area contributed by atoms with Crippen LogP contribution in [-0.2, 0) is 0 Å². The number of nitrogens with zero attached hydrogens (tertiary/aromatic N) is 2. The highest BCUT2D eigenvalue weighted by Gasteiger charge is 2.38. The van der Waals surface area contributed by atoms with Crippen molar-refractivity contribution in [1.82, 2.24) is 4.98 Å². The van der Waals surface area contributed by atoms with Crippen molar-refractivity contribution >= 4 is 29.0 Å². The predicted octanol–water partition coefficient (Wildman–Crippen LogP) is 4.81. The highest BCUT2D eigenvalue weighted by Crippen LogP contribution is 2.38. The van der Waals surface area contributed by atoms with Crippen LogP contribution in [0, 0.1) is 6.92 Å². The van der Waals surface area contributed by atoms with E-state index in [0.29, 0.717) is 16.4 Å². The lowest BCUT2D eigenvalue weighted by atomic mass is 10.1. The Morgan fingerprint density at radius 3 is 2.64 bits per heavy atom. The number of pyridine rings is 1. The minimum absolute atomic E-state index is 0.0634. The van der Waals surface area contributed by atoms with Gasteiger partial charge in [-0.25, -0.2) is 4.98 Å². The molecule has 0 aliphatic carbocycles. The van der Waals surface area contributed by atoms with Gasteiger partial charge in [0.2, 0.25) is 0 Å². The Hall–Kier alpha value is -2.85. The first-order chi connectivity index (χ1) is 12.2. The summed E-state index contributed by atoms with van der Waals surface area (Å²) in [6.45, 7) is 1.96. The van der Waals surface area contributed by atoms with Gasteiger partial charge in [0.15, 0.2) is 0 Å². The topological polar surface area (TPSA) is 45.2 Å². The fourth-order valence-corrected chi connectivity index (χ4v) is 3.28. The molecule has 2 aromatic carbocycles. The third-order valence-electron chi connectivity index (χ3n) is 4.42. The lowest BCUT2D eigenvalue weighted by molar-refractivity contribution is 0.0992. The molecule has 1 amide bonds. The van der Waals surface area contributed by atoms with Crippen molar-refractivity contribution in [3.63, 3.8) is 0 Å². The third-order valence-corrected chi connectivity index (χ3v) is 4.83. The Morgan fingerprint density at radius 1 is 1.04 bits per heavy atom. The van der Waals surface area contributed by atoms with Crippen LogP contribution in [0.2, 0.25) is 5.02 Å². The SMILES string of the molecule is Cc1c(Cl)cccc1NC1c2ccccc2C(=O)N1c1ccccn1. The molecule has 1 aliphatic rings. The zero-order valence-corrected chi connectivity index (χ0v) is 14.4. The number of carbonyl (C=O) groups excluding carboxylic acids is 1. The van der Waals surface area contributed by atoms with E-state index in [1.54, 1.807) is 11.1 Å². The van der Waals surface area contributed by atoms with E-state index in [1.807, 2.05) is 67.6 Å².